The first-order chi connectivity index (χ1) is 12.3. The van der Waals surface area contributed by atoms with Gasteiger partial charge in [0, 0.05) is 46.6 Å². The van der Waals surface area contributed by atoms with Gasteiger partial charge in [-0.3, -0.25) is 4.99 Å². The van der Waals surface area contributed by atoms with Gasteiger partial charge in [-0.25, -0.2) is 0 Å². The van der Waals surface area contributed by atoms with Crippen molar-refractivity contribution in [2.24, 2.45) is 4.99 Å². The van der Waals surface area contributed by atoms with Crippen LogP contribution in [0.5, 0.6) is 0 Å². The maximum absolute atomic E-state index is 4.40. The van der Waals surface area contributed by atoms with Crippen LogP contribution in [0.15, 0.2) is 17.6 Å². The van der Waals surface area contributed by atoms with E-state index in [1.165, 1.54) is 38.5 Å². The minimum absolute atomic E-state index is 0.839. The van der Waals surface area contributed by atoms with Gasteiger partial charge >= 0.3 is 0 Å². The van der Waals surface area contributed by atoms with Crippen LogP contribution in [-0.2, 0) is 19.4 Å². The molecule has 1 aromatic rings. The molecule has 0 fully saturated rings. The van der Waals surface area contributed by atoms with E-state index in [-0.39, 0.29) is 0 Å². The molecule has 0 atom stereocenters. The molecule has 2 heterocycles. The van der Waals surface area contributed by atoms with Crippen LogP contribution < -0.4 is 5.32 Å². The van der Waals surface area contributed by atoms with Crippen LogP contribution in [0.25, 0.3) is 0 Å². The largest absolute Gasteiger partial charge is 0.356 e. The first kappa shape index (κ1) is 19.5. The van der Waals surface area contributed by atoms with Crippen molar-refractivity contribution >= 4 is 5.96 Å². The molecule has 0 spiro atoms. The van der Waals surface area contributed by atoms with Gasteiger partial charge in [0.15, 0.2) is 5.96 Å². The highest BCUT2D eigenvalue weighted by Gasteiger charge is 2.14. The zero-order chi connectivity index (χ0) is 17.9. The van der Waals surface area contributed by atoms with Gasteiger partial charge in [0.1, 0.15) is 11.6 Å². The number of nitrogens with one attached hydrogen (secondary N) is 1. The average Bonchev–Trinajstić information content (AvgIpc) is 2.85. The molecule has 6 nitrogen and oxygen atoms in total. The molecular formula is C19H34N6. The first-order valence-electron chi connectivity index (χ1n) is 9.70. The van der Waals surface area contributed by atoms with Gasteiger partial charge in [-0.15, -0.1) is 16.8 Å². The Kier molecular flexibility index (Phi) is 8.49. The van der Waals surface area contributed by atoms with E-state index in [2.05, 4.69) is 43.6 Å². The zero-order valence-electron chi connectivity index (χ0n) is 16.0. The summed E-state index contributed by atoms with van der Waals surface area (Å²) in [5.74, 6) is 3.22. The summed E-state index contributed by atoms with van der Waals surface area (Å²) in [6.45, 7) is 6.70. The number of rotatable bonds is 9. The van der Waals surface area contributed by atoms with Gasteiger partial charge in [0.25, 0.3) is 0 Å². The lowest BCUT2D eigenvalue weighted by atomic mass is 10.2. The topological polar surface area (TPSA) is 58.3 Å². The van der Waals surface area contributed by atoms with Crippen molar-refractivity contribution in [1.82, 2.24) is 25.0 Å². The number of hydrogen-bond acceptors (Lipinski definition) is 3. The predicted octanol–water partition coefficient (Wildman–Crippen LogP) is 2.80. The molecule has 0 aliphatic carbocycles. The Labute approximate surface area is 152 Å². The second-order valence-electron chi connectivity index (χ2n) is 6.78. The molecular weight excluding hydrogens is 312 g/mol. The van der Waals surface area contributed by atoms with E-state index in [4.69, 9.17) is 0 Å². The van der Waals surface area contributed by atoms with E-state index in [0.717, 1.165) is 56.5 Å². The molecule has 0 saturated carbocycles. The molecule has 0 amide bonds. The Balaban J connectivity index is 1.74. The fourth-order valence-electron chi connectivity index (χ4n) is 3.32. The van der Waals surface area contributed by atoms with Crippen molar-refractivity contribution < 1.29 is 0 Å². The van der Waals surface area contributed by atoms with Crippen LogP contribution in [0.3, 0.4) is 0 Å². The minimum atomic E-state index is 0.839. The fraction of sp³-hybridized carbons (Fsp3) is 0.737. The van der Waals surface area contributed by atoms with Gasteiger partial charge < -0.3 is 14.8 Å². The molecule has 0 aromatic carbocycles. The number of guanidine groups is 1. The van der Waals surface area contributed by atoms with Crippen LogP contribution >= 0.6 is 0 Å². The quantitative estimate of drug-likeness (QED) is 0.323. The highest BCUT2D eigenvalue weighted by atomic mass is 15.3. The highest BCUT2D eigenvalue weighted by Crippen LogP contribution is 2.14. The minimum Gasteiger partial charge on any atom is -0.356 e. The maximum atomic E-state index is 4.40. The second-order valence-corrected chi connectivity index (χ2v) is 6.78. The van der Waals surface area contributed by atoms with Crippen molar-refractivity contribution in [2.45, 2.75) is 64.3 Å². The average molecular weight is 347 g/mol. The number of aliphatic imine (C=N–C) groups is 1. The smallest absolute Gasteiger partial charge is 0.193 e. The zero-order valence-corrected chi connectivity index (χ0v) is 16.0. The number of hydrogen-bond donors (Lipinski definition) is 1. The number of unbranched alkanes of at least 4 members (excludes halogenated alkanes) is 3. The molecule has 1 aliphatic heterocycles. The maximum Gasteiger partial charge on any atom is 0.193 e. The van der Waals surface area contributed by atoms with Crippen LogP contribution in [0, 0.1) is 0 Å². The van der Waals surface area contributed by atoms with E-state index < -0.39 is 0 Å². The van der Waals surface area contributed by atoms with Crippen molar-refractivity contribution in [1.29, 1.82) is 0 Å². The third-order valence-electron chi connectivity index (χ3n) is 4.79. The second kappa shape index (κ2) is 10.9. The van der Waals surface area contributed by atoms with Gasteiger partial charge in [0.2, 0.25) is 0 Å². The Morgan fingerprint density at radius 1 is 1.28 bits per heavy atom. The number of allylic oxidation sites excluding steroid dienone is 1. The van der Waals surface area contributed by atoms with Crippen LogP contribution in [0.4, 0.5) is 0 Å². The fourth-order valence-corrected chi connectivity index (χ4v) is 3.32. The van der Waals surface area contributed by atoms with Gasteiger partial charge in [-0.1, -0.05) is 18.9 Å². The molecule has 1 aliphatic rings. The molecule has 1 aromatic heterocycles. The first-order valence-corrected chi connectivity index (χ1v) is 9.70. The lowest BCUT2D eigenvalue weighted by Gasteiger charge is -2.22. The highest BCUT2D eigenvalue weighted by molar-refractivity contribution is 5.79. The lowest BCUT2D eigenvalue weighted by molar-refractivity contribution is 0.455. The van der Waals surface area contributed by atoms with Gasteiger partial charge in [0.05, 0.1) is 0 Å². The van der Waals surface area contributed by atoms with E-state index in [0.29, 0.717) is 0 Å². The Morgan fingerprint density at radius 2 is 2.16 bits per heavy atom. The number of fused-ring (bicyclic) bond motifs is 1. The summed E-state index contributed by atoms with van der Waals surface area (Å²) in [7, 11) is 3.95. The van der Waals surface area contributed by atoms with Crippen molar-refractivity contribution in [2.75, 3.05) is 27.2 Å². The molecule has 6 heteroatoms. The van der Waals surface area contributed by atoms with Gasteiger partial charge in [-0.05, 0) is 32.1 Å². The van der Waals surface area contributed by atoms with Crippen molar-refractivity contribution in [3.63, 3.8) is 0 Å². The third-order valence-corrected chi connectivity index (χ3v) is 4.79. The molecule has 0 unspecified atom stereocenters. The van der Waals surface area contributed by atoms with Gasteiger partial charge in [-0.2, -0.15) is 0 Å². The summed E-state index contributed by atoms with van der Waals surface area (Å²) in [5, 5.41) is 12.2. The molecule has 0 radical (unpaired) electrons. The molecule has 25 heavy (non-hydrogen) atoms. The summed E-state index contributed by atoms with van der Waals surface area (Å²) in [4.78, 5) is 6.60. The third kappa shape index (κ3) is 6.18. The summed E-state index contributed by atoms with van der Waals surface area (Å²) in [6, 6.07) is 0. The lowest BCUT2D eigenvalue weighted by Crippen LogP contribution is -2.40. The van der Waals surface area contributed by atoms with E-state index >= 15 is 0 Å². The number of aryl methyl sites for hydroxylation is 1. The molecule has 140 valence electrons. The standard InChI is InChI=1S/C19H34N6/c1-4-5-6-7-10-15-24(3)19(20-2)21-14-13-18-23-22-17-12-9-8-11-16-25(17)18/h4H,1,5-16H2,2-3H3,(H,20,21). The number of nitrogens with zero attached hydrogens (tertiary/aromatic N) is 5. The van der Waals surface area contributed by atoms with Crippen LogP contribution in [0.1, 0.15) is 56.6 Å². The van der Waals surface area contributed by atoms with Crippen molar-refractivity contribution in [3.05, 3.63) is 24.3 Å². The Bertz CT molecular complexity index is 548. The molecule has 0 bridgehead atoms. The van der Waals surface area contributed by atoms with E-state index in [1.54, 1.807) is 0 Å². The van der Waals surface area contributed by atoms with E-state index in [1.807, 2.05) is 13.1 Å². The predicted molar refractivity (Wildman–Crippen MR) is 104 cm³/mol. The number of aromatic nitrogens is 3. The summed E-state index contributed by atoms with van der Waals surface area (Å²) in [5.41, 5.74) is 0. The normalized spacial score (nSPS) is 14.7. The monoisotopic (exact) mass is 346 g/mol. The SMILES string of the molecule is C=CCCCCCN(C)C(=NC)NCCc1nnc2n1CCCCC2. The summed E-state index contributed by atoms with van der Waals surface area (Å²) in [6.07, 6.45) is 12.5. The van der Waals surface area contributed by atoms with Crippen molar-refractivity contribution in [3.8, 4) is 0 Å². The molecule has 2 rings (SSSR count). The van der Waals surface area contributed by atoms with E-state index in [9.17, 15) is 0 Å². The molecule has 0 saturated heterocycles. The Morgan fingerprint density at radius 3 is 2.96 bits per heavy atom. The molecule has 1 N–H and O–H groups in total. The Hall–Kier alpha value is -1.85. The summed E-state index contributed by atoms with van der Waals surface area (Å²) < 4.78 is 2.32. The van der Waals surface area contributed by atoms with Crippen LogP contribution in [-0.4, -0.2) is 52.8 Å². The van der Waals surface area contributed by atoms with Crippen LogP contribution in [0.2, 0.25) is 0 Å². The summed E-state index contributed by atoms with van der Waals surface area (Å²) >= 11 is 0.